The van der Waals surface area contributed by atoms with E-state index in [0.29, 0.717) is 43.5 Å². The number of carbonyl (C=O) groups is 3. The van der Waals surface area contributed by atoms with Gasteiger partial charge in [0.15, 0.2) is 5.78 Å². The van der Waals surface area contributed by atoms with E-state index in [-0.39, 0.29) is 23.8 Å². The van der Waals surface area contributed by atoms with E-state index >= 15 is 0 Å². The van der Waals surface area contributed by atoms with Crippen molar-refractivity contribution in [1.29, 1.82) is 0 Å². The first-order chi connectivity index (χ1) is 15.4. The second-order valence-electron chi connectivity index (χ2n) is 8.23. The van der Waals surface area contributed by atoms with Crippen LogP contribution >= 0.6 is 0 Å². The normalized spacial score (nSPS) is 17.9. The molecule has 0 aromatic heterocycles. The van der Waals surface area contributed by atoms with Gasteiger partial charge in [-0.3, -0.25) is 9.59 Å². The fourth-order valence-electron chi connectivity index (χ4n) is 3.75. The molecule has 0 spiro atoms. The molecule has 0 heterocycles. The Labute approximate surface area is 188 Å². The summed E-state index contributed by atoms with van der Waals surface area (Å²) in [7, 11) is 0. The maximum absolute atomic E-state index is 12.4. The largest absolute Gasteiger partial charge is 0.490 e. The monoisotopic (exact) mass is 438 g/mol. The molecule has 3 rings (SSSR count). The Bertz CT molecular complexity index is 916. The SMILES string of the molecule is Cc1ccc(NC(=O)NCCCC(=O)c2ccc(OC3CCC(C(=O)O)CC3)cc2)cc1. The Morgan fingerprint density at radius 2 is 1.62 bits per heavy atom. The summed E-state index contributed by atoms with van der Waals surface area (Å²) < 4.78 is 5.94. The maximum atomic E-state index is 12.4. The zero-order valence-corrected chi connectivity index (χ0v) is 18.3. The van der Waals surface area contributed by atoms with Gasteiger partial charge in [0.25, 0.3) is 0 Å². The standard InChI is InChI=1S/C25H30N2O5/c1-17-4-10-20(11-5-17)27-25(31)26-16-2-3-23(28)18-6-12-21(13-7-18)32-22-14-8-19(9-15-22)24(29)30/h4-7,10-13,19,22H,2-3,8-9,14-16H2,1H3,(H,29,30)(H2,26,27,31). The number of nitrogens with one attached hydrogen (secondary N) is 2. The minimum absolute atomic E-state index is 0.0132. The number of carboxylic acid groups (broad SMARTS) is 1. The van der Waals surface area contributed by atoms with Gasteiger partial charge in [-0.25, -0.2) is 4.79 Å². The Morgan fingerprint density at radius 1 is 0.969 bits per heavy atom. The maximum Gasteiger partial charge on any atom is 0.319 e. The van der Waals surface area contributed by atoms with Crippen LogP contribution in [0, 0.1) is 12.8 Å². The lowest BCUT2D eigenvalue weighted by Crippen LogP contribution is -2.29. The number of aliphatic carboxylic acids is 1. The zero-order valence-electron chi connectivity index (χ0n) is 18.3. The highest BCUT2D eigenvalue weighted by atomic mass is 16.5. The zero-order chi connectivity index (χ0) is 22.9. The van der Waals surface area contributed by atoms with E-state index in [4.69, 9.17) is 9.84 Å². The molecule has 0 unspecified atom stereocenters. The molecule has 0 aliphatic heterocycles. The van der Waals surface area contributed by atoms with Gasteiger partial charge in [-0.1, -0.05) is 17.7 Å². The van der Waals surface area contributed by atoms with Crippen molar-refractivity contribution >= 4 is 23.5 Å². The number of carbonyl (C=O) groups excluding carboxylic acids is 2. The summed E-state index contributed by atoms with van der Waals surface area (Å²) in [4.78, 5) is 35.3. The van der Waals surface area contributed by atoms with Crippen LogP contribution in [0.4, 0.5) is 10.5 Å². The van der Waals surface area contributed by atoms with Gasteiger partial charge in [-0.2, -0.15) is 0 Å². The molecule has 0 saturated heterocycles. The van der Waals surface area contributed by atoms with Gasteiger partial charge in [0.2, 0.25) is 0 Å². The van der Waals surface area contributed by atoms with Crippen molar-refractivity contribution in [1.82, 2.24) is 5.32 Å². The smallest absolute Gasteiger partial charge is 0.319 e. The third kappa shape index (κ3) is 7.11. The topological polar surface area (TPSA) is 105 Å². The van der Waals surface area contributed by atoms with Gasteiger partial charge in [0.05, 0.1) is 12.0 Å². The predicted molar refractivity (Wildman–Crippen MR) is 122 cm³/mol. The van der Waals surface area contributed by atoms with Crippen LogP contribution in [0.5, 0.6) is 5.75 Å². The van der Waals surface area contributed by atoms with Crippen molar-refractivity contribution in [2.75, 3.05) is 11.9 Å². The van der Waals surface area contributed by atoms with Gasteiger partial charge in [0.1, 0.15) is 5.75 Å². The van der Waals surface area contributed by atoms with Crippen LogP contribution < -0.4 is 15.4 Å². The summed E-state index contributed by atoms with van der Waals surface area (Å²) in [5, 5.41) is 14.6. The van der Waals surface area contributed by atoms with E-state index in [1.807, 2.05) is 31.2 Å². The predicted octanol–water partition coefficient (Wildman–Crippen LogP) is 4.80. The summed E-state index contributed by atoms with van der Waals surface area (Å²) in [5.41, 5.74) is 2.45. The highest BCUT2D eigenvalue weighted by Crippen LogP contribution is 2.28. The van der Waals surface area contributed by atoms with Crippen LogP contribution in [0.15, 0.2) is 48.5 Å². The minimum atomic E-state index is -0.728. The number of carboxylic acids is 1. The molecule has 1 fully saturated rings. The first kappa shape index (κ1) is 23.3. The fraction of sp³-hybridized carbons (Fsp3) is 0.400. The van der Waals surface area contributed by atoms with E-state index < -0.39 is 5.97 Å². The molecule has 0 bridgehead atoms. The van der Waals surface area contributed by atoms with Crippen LogP contribution in [0.25, 0.3) is 0 Å². The molecule has 1 aliphatic carbocycles. The molecule has 170 valence electrons. The molecule has 0 atom stereocenters. The number of Topliss-reactive ketones (excluding diaryl/α,β-unsaturated/α-hetero) is 1. The lowest BCUT2D eigenvalue weighted by atomic mass is 9.87. The lowest BCUT2D eigenvalue weighted by molar-refractivity contribution is -0.143. The molecular weight excluding hydrogens is 408 g/mol. The highest BCUT2D eigenvalue weighted by molar-refractivity contribution is 5.96. The molecule has 2 aromatic rings. The van der Waals surface area contributed by atoms with E-state index in [0.717, 1.165) is 24.1 Å². The number of hydrogen-bond acceptors (Lipinski definition) is 4. The first-order valence-corrected chi connectivity index (χ1v) is 11.0. The van der Waals surface area contributed by atoms with Crippen LogP contribution in [0.2, 0.25) is 0 Å². The average molecular weight is 439 g/mol. The molecule has 0 radical (unpaired) electrons. The van der Waals surface area contributed by atoms with Crippen molar-refractivity contribution in [3.05, 3.63) is 59.7 Å². The third-order valence-corrected chi connectivity index (χ3v) is 5.68. The lowest BCUT2D eigenvalue weighted by Gasteiger charge is -2.26. The highest BCUT2D eigenvalue weighted by Gasteiger charge is 2.26. The number of amides is 2. The second kappa shape index (κ2) is 11.3. The van der Waals surface area contributed by atoms with E-state index in [1.165, 1.54) is 0 Å². The Kier molecular flexibility index (Phi) is 8.25. The number of aryl methyl sites for hydroxylation is 1. The van der Waals surface area contributed by atoms with Crippen molar-refractivity contribution in [3.8, 4) is 5.75 Å². The number of ketones is 1. The molecule has 32 heavy (non-hydrogen) atoms. The molecule has 7 heteroatoms. The summed E-state index contributed by atoms with van der Waals surface area (Å²) in [5.74, 6) is -0.291. The number of benzene rings is 2. The molecular formula is C25H30N2O5. The Balaban J connectivity index is 1.35. The quantitative estimate of drug-likeness (QED) is 0.385. The number of rotatable bonds is 9. The third-order valence-electron chi connectivity index (χ3n) is 5.68. The van der Waals surface area contributed by atoms with E-state index in [9.17, 15) is 14.4 Å². The molecule has 2 aromatic carbocycles. The van der Waals surface area contributed by atoms with Gasteiger partial charge in [-0.05, 0) is 75.4 Å². The fourth-order valence-corrected chi connectivity index (χ4v) is 3.75. The number of ether oxygens (including phenoxy) is 1. The number of hydrogen-bond donors (Lipinski definition) is 3. The first-order valence-electron chi connectivity index (χ1n) is 11.0. The Hall–Kier alpha value is -3.35. The Morgan fingerprint density at radius 3 is 2.25 bits per heavy atom. The minimum Gasteiger partial charge on any atom is -0.490 e. The molecule has 1 saturated carbocycles. The van der Waals surface area contributed by atoms with Gasteiger partial charge < -0.3 is 20.5 Å². The van der Waals surface area contributed by atoms with Crippen molar-refractivity contribution in [2.45, 2.75) is 51.6 Å². The van der Waals surface area contributed by atoms with Crippen LogP contribution in [0.3, 0.4) is 0 Å². The molecule has 2 amide bonds. The van der Waals surface area contributed by atoms with Crippen LogP contribution in [0.1, 0.15) is 54.4 Å². The van der Waals surface area contributed by atoms with Gasteiger partial charge >= 0.3 is 12.0 Å². The van der Waals surface area contributed by atoms with Crippen molar-refractivity contribution in [3.63, 3.8) is 0 Å². The van der Waals surface area contributed by atoms with E-state index in [1.54, 1.807) is 24.3 Å². The summed E-state index contributed by atoms with van der Waals surface area (Å²) in [6.07, 6.45) is 3.62. The summed E-state index contributed by atoms with van der Waals surface area (Å²) in [6.45, 7) is 2.39. The second-order valence-corrected chi connectivity index (χ2v) is 8.23. The average Bonchev–Trinajstić information content (AvgIpc) is 2.79. The van der Waals surface area contributed by atoms with Crippen molar-refractivity contribution < 1.29 is 24.2 Å². The number of urea groups is 1. The summed E-state index contributed by atoms with van der Waals surface area (Å²) >= 11 is 0. The van der Waals surface area contributed by atoms with E-state index in [2.05, 4.69) is 10.6 Å². The molecule has 3 N–H and O–H groups in total. The van der Waals surface area contributed by atoms with Crippen LogP contribution in [-0.2, 0) is 4.79 Å². The van der Waals surface area contributed by atoms with Gasteiger partial charge in [0, 0.05) is 24.2 Å². The van der Waals surface area contributed by atoms with Gasteiger partial charge in [-0.15, -0.1) is 0 Å². The summed E-state index contributed by atoms with van der Waals surface area (Å²) in [6, 6.07) is 14.3. The molecule has 7 nitrogen and oxygen atoms in total. The van der Waals surface area contributed by atoms with Crippen LogP contribution in [-0.4, -0.2) is 35.5 Å². The van der Waals surface area contributed by atoms with Crippen molar-refractivity contribution in [2.24, 2.45) is 5.92 Å². The molecule has 1 aliphatic rings. The number of anilines is 1.